The number of ketones is 1. The van der Waals surface area contributed by atoms with Crippen molar-refractivity contribution < 1.29 is 14.3 Å². The van der Waals surface area contributed by atoms with Crippen molar-refractivity contribution in [2.45, 2.75) is 33.1 Å². The summed E-state index contributed by atoms with van der Waals surface area (Å²) in [6, 6.07) is 5.45. The predicted molar refractivity (Wildman–Crippen MR) is 70.5 cm³/mol. The summed E-state index contributed by atoms with van der Waals surface area (Å²) in [6.45, 7) is 5.40. The normalized spacial score (nSPS) is 15.2. The fourth-order valence-electron chi connectivity index (χ4n) is 2.25. The lowest BCUT2D eigenvalue weighted by molar-refractivity contribution is 0.0961. The molecule has 0 radical (unpaired) electrons. The van der Waals surface area contributed by atoms with Crippen LogP contribution in [0.25, 0.3) is 0 Å². The summed E-state index contributed by atoms with van der Waals surface area (Å²) in [6.07, 6.45) is 2.82. The van der Waals surface area contributed by atoms with Crippen LogP contribution in [0.5, 0.6) is 11.5 Å². The van der Waals surface area contributed by atoms with E-state index in [2.05, 4.69) is 13.8 Å². The molecule has 1 aromatic carbocycles. The van der Waals surface area contributed by atoms with Gasteiger partial charge in [0.25, 0.3) is 0 Å². The van der Waals surface area contributed by atoms with Gasteiger partial charge < -0.3 is 9.47 Å². The lowest BCUT2D eigenvalue weighted by Gasteiger charge is -2.19. The molecule has 0 aliphatic carbocycles. The largest absolute Gasteiger partial charge is 0.486 e. The van der Waals surface area contributed by atoms with Crippen LogP contribution in [0.2, 0.25) is 0 Å². The molecule has 3 nitrogen and oxygen atoms in total. The number of fused-ring (bicyclic) bond motifs is 1. The van der Waals surface area contributed by atoms with Gasteiger partial charge in [0.1, 0.15) is 13.2 Å². The number of hydrogen-bond donors (Lipinski definition) is 0. The minimum Gasteiger partial charge on any atom is -0.486 e. The van der Waals surface area contributed by atoms with E-state index in [1.807, 2.05) is 12.1 Å². The molecule has 0 bridgehead atoms. The molecular weight excluding hydrogens is 228 g/mol. The standard InChI is InChI=1S/C15H20O3/c1-3-4-11(2)9-13(16)12-5-6-14-15(10-12)18-8-7-17-14/h5-6,10-11H,3-4,7-9H2,1-2H3. The van der Waals surface area contributed by atoms with Gasteiger partial charge in [0.15, 0.2) is 17.3 Å². The van der Waals surface area contributed by atoms with Crippen molar-refractivity contribution in [3.63, 3.8) is 0 Å². The number of benzene rings is 1. The monoisotopic (exact) mass is 248 g/mol. The van der Waals surface area contributed by atoms with Gasteiger partial charge in [0, 0.05) is 12.0 Å². The maximum Gasteiger partial charge on any atom is 0.163 e. The molecule has 1 aliphatic heterocycles. The molecule has 3 heteroatoms. The first-order valence-electron chi connectivity index (χ1n) is 6.63. The number of carbonyl (C=O) groups excluding carboxylic acids is 1. The van der Waals surface area contributed by atoms with Crippen LogP contribution in [0.15, 0.2) is 18.2 Å². The van der Waals surface area contributed by atoms with Gasteiger partial charge in [0.05, 0.1) is 0 Å². The van der Waals surface area contributed by atoms with Crippen molar-refractivity contribution in [1.82, 2.24) is 0 Å². The molecule has 0 saturated carbocycles. The Morgan fingerprint density at radius 3 is 2.72 bits per heavy atom. The maximum atomic E-state index is 12.1. The van der Waals surface area contributed by atoms with E-state index in [1.165, 1.54) is 0 Å². The quantitative estimate of drug-likeness (QED) is 0.748. The highest BCUT2D eigenvalue weighted by molar-refractivity contribution is 5.96. The zero-order valence-corrected chi connectivity index (χ0v) is 11.1. The Morgan fingerprint density at radius 1 is 1.28 bits per heavy atom. The first-order chi connectivity index (χ1) is 8.70. The summed E-state index contributed by atoms with van der Waals surface area (Å²) in [7, 11) is 0. The molecule has 0 N–H and O–H groups in total. The van der Waals surface area contributed by atoms with Gasteiger partial charge in [-0.3, -0.25) is 4.79 Å². The summed E-state index contributed by atoms with van der Waals surface area (Å²) < 4.78 is 10.9. The van der Waals surface area contributed by atoms with E-state index in [-0.39, 0.29) is 5.78 Å². The third-order valence-corrected chi connectivity index (χ3v) is 3.18. The average molecular weight is 248 g/mol. The van der Waals surface area contributed by atoms with Crippen molar-refractivity contribution in [1.29, 1.82) is 0 Å². The molecule has 18 heavy (non-hydrogen) atoms. The highest BCUT2D eigenvalue weighted by atomic mass is 16.6. The number of Topliss-reactive ketones (excluding diaryl/α,β-unsaturated/α-hetero) is 1. The van der Waals surface area contributed by atoms with Crippen LogP contribution < -0.4 is 9.47 Å². The van der Waals surface area contributed by atoms with Crippen LogP contribution in [0.4, 0.5) is 0 Å². The molecular formula is C15H20O3. The van der Waals surface area contributed by atoms with Crippen molar-refractivity contribution in [3.8, 4) is 11.5 Å². The Balaban J connectivity index is 2.06. The van der Waals surface area contributed by atoms with Crippen molar-refractivity contribution >= 4 is 5.78 Å². The molecule has 1 heterocycles. The lowest BCUT2D eigenvalue weighted by Crippen LogP contribution is -2.16. The van der Waals surface area contributed by atoms with Gasteiger partial charge in [-0.15, -0.1) is 0 Å². The predicted octanol–water partition coefficient (Wildman–Crippen LogP) is 3.47. The molecule has 1 aromatic rings. The van der Waals surface area contributed by atoms with Gasteiger partial charge in [-0.05, 0) is 24.1 Å². The minimum absolute atomic E-state index is 0.188. The Bertz CT molecular complexity index is 426. The van der Waals surface area contributed by atoms with E-state index in [1.54, 1.807) is 6.07 Å². The Kier molecular flexibility index (Phi) is 4.24. The van der Waals surface area contributed by atoms with Crippen LogP contribution in [0.3, 0.4) is 0 Å². The second-order valence-electron chi connectivity index (χ2n) is 4.88. The zero-order chi connectivity index (χ0) is 13.0. The van der Waals surface area contributed by atoms with E-state index in [0.717, 1.165) is 24.2 Å². The van der Waals surface area contributed by atoms with Gasteiger partial charge in [-0.25, -0.2) is 0 Å². The smallest absolute Gasteiger partial charge is 0.163 e. The fraction of sp³-hybridized carbons (Fsp3) is 0.533. The molecule has 0 amide bonds. The van der Waals surface area contributed by atoms with E-state index < -0.39 is 0 Å². The zero-order valence-electron chi connectivity index (χ0n) is 11.1. The Labute approximate surface area is 108 Å². The number of hydrogen-bond acceptors (Lipinski definition) is 3. The van der Waals surface area contributed by atoms with Crippen LogP contribution >= 0.6 is 0 Å². The maximum absolute atomic E-state index is 12.1. The van der Waals surface area contributed by atoms with Crippen molar-refractivity contribution in [2.24, 2.45) is 5.92 Å². The van der Waals surface area contributed by atoms with Crippen molar-refractivity contribution in [2.75, 3.05) is 13.2 Å². The summed E-state index contributed by atoms with van der Waals surface area (Å²) in [5, 5.41) is 0. The second kappa shape index (κ2) is 5.89. The molecule has 0 spiro atoms. The lowest BCUT2D eigenvalue weighted by atomic mass is 9.96. The average Bonchev–Trinajstić information content (AvgIpc) is 2.38. The third-order valence-electron chi connectivity index (χ3n) is 3.18. The van der Waals surface area contributed by atoms with Crippen LogP contribution in [-0.4, -0.2) is 19.0 Å². The van der Waals surface area contributed by atoms with Crippen LogP contribution in [0.1, 0.15) is 43.5 Å². The summed E-state index contributed by atoms with van der Waals surface area (Å²) in [5.74, 6) is 2.05. The highest BCUT2D eigenvalue weighted by Gasteiger charge is 2.16. The third kappa shape index (κ3) is 3.03. The Hall–Kier alpha value is -1.51. The number of carbonyl (C=O) groups is 1. The van der Waals surface area contributed by atoms with Crippen LogP contribution in [-0.2, 0) is 0 Å². The highest BCUT2D eigenvalue weighted by Crippen LogP contribution is 2.31. The molecule has 98 valence electrons. The minimum atomic E-state index is 0.188. The molecule has 0 saturated heterocycles. The molecule has 2 rings (SSSR count). The molecule has 0 aromatic heterocycles. The Morgan fingerprint density at radius 2 is 2.00 bits per heavy atom. The molecule has 1 aliphatic rings. The second-order valence-corrected chi connectivity index (χ2v) is 4.88. The topological polar surface area (TPSA) is 35.5 Å². The number of ether oxygens (including phenoxy) is 2. The summed E-state index contributed by atoms with van der Waals surface area (Å²) in [5.41, 5.74) is 0.724. The van der Waals surface area contributed by atoms with E-state index in [9.17, 15) is 4.79 Å². The van der Waals surface area contributed by atoms with Crippen molar-refractivity contribution in [3.05, 3.63) is 23.8 Å². The molecule has 1 unspecified atom stereocenters. The van der Waals surface area contributed by atoms with E-state index in [4.69, 9.17) is 9.47 Å². The first-order valence-corrected chi connectivity index (χ1v) is 6.63. The van der Waals surface area contributed by atoms with Gasteiger partial charge in [-0.1, -0.05) is 26.7 Å². The summed E-state index contributed by atoms with van der Waals surface area (Å²) in [4.78, 5) is 12.1. The number of rotatable bonds is 5. The van der Waals surface area contributed by atoms with Crippen LogP contribution in [0, 0.1) is 5.92 Å². The first kappa shape index (κ1) is 12.9. The van der Waals surface area contributed by atoms with Gasteiger partial charge >= 0.3 is 0 Å². The molecule has 1 atom stereocenters. The SMILES string of the molecule is CCCC(C)CC(=O)c1ccc2c(c1)OCCO2. The van der Waals surface area contributed by atoms with E-state index in [0.29, 0.717) is 31.3 Å². The molecule has 0 fully saturated rings. The van der Waals surface area contributed by atoms with E-state index >= 15 is 0 Å². The van der Waals surface area contributed by atoms with Gasteiger partial charge in [0.2, 0.25) is 0 Å². The fourth-order valence-corrected chi connectivity index (χ4v) is 2.25. The van der Waals surface area contributed by atoms with Gasteiger partial charge in [-0.2, -0.15) is 0 Å². The summed E-state index contributed by atoms with van der Waals surface area (Å²) >= 11 is 0.